The van der Waals surface area contributed by atoms with Crippen LogP contribution in [0.1, 0.15) is 16.7 Å². The van der Waals surface area contributed by atoms with Gasteiger partial charge in [0.2, 0.25) is 5.95 Å². The molecule has 0 aliphatic heterocycles. The van der Waals surface area contributed by atoms with Gasteiger partial charge in [0.15, 0.2) is 0 Å². The Balaban J connectivity index is 1.37. The number of anilines is 1. The second-order valence-corrected chi connectivity index (χ2v) is 6.26. The number of benzene rings is 1. The first-order valence-electron chi connectivity index (χ1n) is 8.58. The summed E-state index contributed by atoms with van der Waals surface area (Å²) in [5.41, 5.74) is 3.56. The maximum absolute atomic E-state index is 13.4. The Bertz CT molecular complexity index is 1040. The van der Waals surface area contributed by atoms with Crippen molar-refractivity contribution in [1.82, 2.24) is 19.9 Å². The van der Waals surface area contributed by atoms with Gasteiger partial charge in [-0.25, -0.2) is 23.7 Å². The van der Waals surface area contributed by atoms with Crippen LogP contribution >= 0.6 is 0 Å². The van der Waals surface area contributed by atoms with Crippen molar-refractivity contribution in [1.29, 1.82) is 0 Å². The van der Waals surface area contributed by atoms with E-state index in [1.54, 1.807) is 24.5 Å². The topological polar surface area (TPSA) is 66.5 Å². The Kier molecular flexibility index (Phi) is 4.74. The lowest BCUT2D eigenvalue weighted by Crippen LogP contribution is -2.08. The highest BCUT2D eigenvalue weighted by atomic mass is 19.1. The van der Waals surface area contributed by atoms with Crippen molar-refractivity contribution in [2.45, 2.75) is 12.8 Å². The Labute approximate surface area is 154 Å². The van der Waals surface area contributed by atoms with Crippen LogP contribution in [0.15, 0.2) is 55.1 Å². The minimum Gasteiger partial charge on any atom is -0.354 e. The molecule has 1 aromatic carbocycles. The highest BCUT2D eigenvalue weighted by molar-refractivity contribution is 5.79. The van der Waals surface area contributed by atoms with Gasteiger partial charge in [-0.05, 0) is 41.3 Å². The summed E-state index contributed by atoms with van der Waals surface area (Å²) in [6.07, 6.45) is 7.85. The van der Waals surface area contributed by atoms with E-state index < -0.39 is 0 Å². The number of hydrogen-bond donors (Lipinski definition) is 2. The molecule has 136 valence electrons. The molecule has 0 atom stereocenters. The molecule has 0 unspecified atom stereocenters. The molecule has 0 amide bonds. The van der Waals surface area contributed by atoms with E-state index in [9.17, 15) is 8.78 Å². The van der Waals surface area contributed by atoms with Crippen LogP contribution in [0, 0.1) is 11.6 Å². The lowest BCUT2D eigenvalue weighted by atomic mass is 10.1. The molecule has 4 rings (SSSR count). The van der Waals surface area contributed by atoms with Crippen molar-refractivity contribution in [3.05, 3.63) is 83.4 Å². The average Bonchev–Trinajstić information content (AvgIpc) is 3.07. The van der Waals surface area contributed by atoms with Crippen LogP contribution in [0.4, 0.5) is 14.7 Å². The van der Waals surface area contributed by atoms with Crippen LogP contribution in [0.5, 0.6) is 0 Å². The van der Waals surface area contributed by atoms with Gasteiger partial charge >= 0.3 is 0 Å². The van der Waals surface area contributed by atoms with E-state index in [4.69, 9.17) is 0 Å². The molecular weight excluding hydrogens is 348 g/mol. The van der Waals surface area contributed by atoms with E-state index in [1.807, 2.05) is 6.20 Å². The molecule has 2 N–H and O–H groups in total. The van der Waals surface area contributed by atoms with Gasteiger partial charge in [0.05, 0.1) is 6.20 Å². The second kappa shape index (κ2) is 7.49. The summed E-state index contributed by atoms with van der Waals surface area (Å²) in [6.45, 7) is 0.651. The van der Waals surface area contributed by atoms with Gasteiger partial charge < -0.3 is 10.3 Å². The lowest BCUT2D eigenvalue weighted by molar-refractivity contribution is 0.624. The van der Waals surface area contributed by atoms with Crippen LogP contribution < -0.4 is 5.32 Å². The van der Waals surface area contributed by atoms with E-state index in [0.717, 1.165) is 28.5 Å². The molecule has 0 saturated heterocycles. The maximum Gasteiger partial charge on any atom is 0.222 e. The molecule has 0 bridgehead atoms. The normalized spacial score (nSPS) is 11.0. The lowest BCUT2D eigenvalue weighted by Gasteiger charge is -2.06. The standard InChI is InChI=1S/C20H17F2N5/c21-16-3-1-13(2-4-16)5-6-23-20-26-9-14(10-27-20)7-15-11-24-19-18(15)8-17(22)12-25-19/h1-4,8-12H,5-7H2,(H,24,25)(H,23,26,27). The Morgan fingerprint density at radius 3 is 2.44 bits per heavy atom. The van der Waals surface area contributed by atoms with Crippen molar-refractivity contribution < 1.29 is 8.78 Å². The number of nitrogens with one attached hydrogen (secondary N) is 2. The van der Waals surface area contributed by atoms with Crippen LogP contribution in [-0.2, 0) is 12.8 Å². The van der Waals surface area contributed by atoms with E-state index in [1.165, 1.54) is 24.4 Å². The second-order valence-electron chi connectivity index (χ2n) is 6.26. The molecule has 0 spiro atoms. The molecule has 27 heavy (non-hydrogen) atoms. The smallest absolute Gasteiger partial charge is 0.222 e. The first-order valence-corrected chi connectivity index (χ1v) is 8.58. The molecule has 0 fully saturated rings. The third-order valence-electron chi connectivity index (χ3n) is 4.29. The summed E-state index contributed by atoms with van der Waals surface area (Å²) in [4.78, 5) is 15.7. The number of fused-ring (bicyclic) bond motifs is 1. The minimum absolute atomic E-state index is 0.237. The Morgan fingerprint density at radius 2 is 1.67 bits per heavy atom. The Hall–Kier alpha value is -3.35. The van der Waals surface area contributed by atoms with Crippen molar-refractivity contribution in [3.8, 4) is 0 Å². The van der Waals surface area contributed by atoms with Gasteiger partial charge in [-0.2, -0.15) is 0 Å². The number of rotatable bonds is 6. The minimum atomic E-state index is -0.361. The number of pyridine rings is 1. The average molecular weight is 365 g/mol. The zero-order chi connectivity index (χ0) is 18.6. The summed E-state index contributed by atoms with van der Waals surface area (Å²) in [6, 6.07) is 7.90. The summed E-state index contributed by atoms with van der Waals surface area (Å²) in [7, 11) is 0. The number of nitrogens with zero attached hydrogens (tertiary/aromatic N) is 3. The largest absolute Gasteiger partial charge is 0.354 e. The molecule has 5 nitrogen and oxygen atoms in total. The molecular formula is C20H17F2N5. The highest BCUT2D eigenvalue weighted by Gasteiger charge is 2.08. The Morgan fingerprint density at radius 1 is 0.889 bits per heavy atom. The van der Waals surface area contributed by atoms with E-state index in [0.29, 0.717) is 24.6 Å². The van der Waals surface area contributed by atoms with Crippen molar-refractivity contribution in [2.75, 3.05) is 11.9 Å². The fourth-order valence-electron chi connectivity index (χ4n) is 2.91. The molecule has 0 saturated carbocycles. The van der Waals surface area contributed by atoms with E-state index >= 15 is 0 Å². The van der Waals surface area contributed by atoms with E-state index in [2.05, 4.69) is 25.3 Å². The van der Waals surface area contributed by atoms with Gasteiger partial charge in [-0.15, -0.1) is 0 Å². The van der Waals surface area contributed by atoms with Gasteiger partial charge in [-0.3, -0.25) is 0 Å². The van der Waals surface area contributed by atoms with Gasteiger partial charge in [0.1, 0.15) is 17.3 Å². The maximum atomic E-state index is 13.4. The molecule has 0 aliphatic carbocycles. The SMILES string of the molecule is Fc1ccc(CCNc2ncc(Cc3c[nH]c4ncc(F)cc34)cn2)cc1. The van der Waals surface area contributed by atoms with Gasteiger partial charge in [0.25, 0.3) is 0 Å². The van der Waals surface area contributed by atoms with Gasteiger partial charge in [0, 0.05) is 36.9 Å². The summed E-state index contributed by atoms with van der Waals surface area (Å²) < 4.78 is 26.3. The number of aromatic nitrogens is 4. The van der Waals surface area contributed by atoms with Crippen LogP contribution in [-0.4, -0.2) is 26.5 Å². The molecule has 4 aromatic rings. The fourth-order valence-corrected chi connectivity index (χ4v) is 2.91. The summed E-state index contributed by atoms with van der Waals surface area (Å²) in [5, 5.41) is 3.91. The molecule has 3 aromatic heterocycles. The van der Waals surface area contributed by atoms with Crippen molar-refractivity contribution in [2.24, 2.45) is 0 Å². The van der Waals surface area contributed by atoms with Crippen LogP contribution in [0.25, 0.3) is 11.0 Å². The number of halogens is 2. The zero-order valence-corrected chi connectivity index (χ0v) is 14.4. The number of H-pyrrole nitrogens is 1. The first kappa shape index (κ1) is 17.1. The van der Waals surface area contributed by atoms with Crippen molar-refractivity contribution >= 4 is 17.0 Å². The fraction of sp³-hybridized carbons (Fsp3) is 0.150. The summed E-state index contributed by atoms with van der Waals surface area (Å²) >= 11 is 0. The van der Waals surface area contributed by atoms with Crippen LogP contribution in [0.2, 0.25) is 0 Å². The number of hydrogen-bond acceptors (Lipinski definition) is 4. The number of aromatic amines is 1. The highest BCUT2D eigenvalue weighted by Crippen LogP contribution is 2.20. The molecule has 7 heteroatoms. The third-order valence-corrected chi connectivity index (χ3v) is 4.29. The molecule has 0 radical (unpaired) electrons. The van der Waals surface area contributed by atoms with Crippen molar-refractivity contribution in [3.63, 3.8) is 0 Å². The van der Waals surface area contributed by atoms with E-state index in [-0.39, 0.29) is 11.6 Å². The van der Waals surface area contributed by atoms with Crippen LogP contribution in [0.3, 0.4) is 0 Å². The monoisotopic (exact) mass is 365 g/mol. The third kappa shape index (κ3) is 4.08. The van der Waals surface area contributed by atoms with Gasteiger partial charge in [-0.1, -0.05) is 12.1 Å². The zero-order valence-electron chi connectivity index (χ0n) is 14.4. The molecule has 0 aliphatic rings. The predicted octanol–water partition coefficient (Wildman–Crippen LogP) is 3.88. The first-order chi connectivity index (χ1) is 13.2. The predicted molar refractivity (Wildman–Crippen MR) is 99.5 cm³/mol. The quantitative estimate of drug-likeness (QED) is 0.544. The summed E-state index contributed by atoms with van der Waals surface area (Å²) in [5.74, 6) is -0.0628. The molecule has 3 heterocycles.